The monoisotopic (exact) mass is 407 g/mol. The molecule has 1 aromatic heterocycles. The summed E-state index contributed by atoms with van der Waals surface area (Å²) in [4.78, 5) is 11.4. The van der Waals surface area contributed by atoms with E-state index in [0.717, 1.165) is 28.4 Å². The van der Waals surface area contributed by atoms with Crippen LogP contribution in [0.5, 0.6) is 5.75 Å². The third-order valence-corrected chi connectivity index (χ3v) is 4.45. The summed E-state index contributed by atoms with van der Waals surface area (Å²) in [6.45, 7) is 6.78. The summed E-state index contributed by atoms with van der Waals surface area (Å²) in [5, 5.41) is 9.94. The summed E-state index contributed by atoms with van der Waals surface area (Å²) < 4.78 is 8.02. The molecule has 0 atom stereocenters. The van der Waals surface area contributed by atoms with Gasteiger partial charge in [0.1, 0.15) is 5.75 Å². The Hall–Kier alpha value is -1.72. The molecule has 3 rings (SSSR count). The van der Waals surface area contributed by atoms with Crippen molar-refractivity contribution >= 4 is 47.1 Å². The minimum atomic E-state index is -0.952. The summed E-state index contributed by atoms with van der Waals surface area (Å²) in [5.74, 6) is 0.197. The molecule has 1 heterocycles. The number of carboxylic acid groups (broad SMARTS) is 1. The van der Waals surface area contributed by atoms with Crippen molar-refractivity contribution in [1.29, 1.82) is 0 Å². The maximum absolute atomic E-state index is 11.4. The topological polar surface area (TPSA) is 51.5 Å². The molecule has 1 N–H and O–H groups in total. The summed E-state index contributed by atoms with van der Waals surface area (Å²) >= 11 is 6.26. The number of hydrogen-bond donors (Lipinski definition) is 1. The number of aromatic carboxylic acids is 1. The molecule has 28 heavy (non-hydrogen) atoms. The number of rotatable bonds is 6. The summed E-state index contributed by atoms with van der Waals surface area (Å²) in [7, 11) is 0. The molecule has 6 heteroatoms. The average molecular weight is 408 g/mol. The normalized spacial score (nSPS) is 10.6. The van der Waals surface area contributed by atoms with Gasteiger partial charge in [0, 0.05) is 22.0 Å². The van der Waals surface area contributed by atoms with Crippen molar-refractivity contribution in [3.63, 3.8) is 0 Å². The Bertz CT molecular complexity index is 982. The second-order valence-corrected chi connectivity index (χ2v) is 7.33. The Balaban J connectivity index is 0.00000280. The molecule has 0 radical (unpaired) electrons. The van der Waals surface area contributed by atoms with Gasteiger partial charge in [0.25, 0.3) is 0 Å². The molecule has 0 bridgehead atoms. The minimum absolute atomic E-state index is 0. The van der Waals surface area contributed by atoms with Gasteiger partial charge in [-0.05, 0) is 61.4 Å². The molecule has 0 aliphatic heterocycles. The third kappa shape index (κ3) is 5.00. The number of carboxylic acids is 1. The molecule has 4 nitrogen and oxygen atoms in total. The molecular formula is C22H23ClNNaO3. The van der Waals surface area contributed by atoms with Crippen molar-refractivity contribution in [3.05, 3.63) is 70.9 Å². The second-order valence-electron chi connectivity index (χ2n) is 6.90. The van der Waals surface area contributed by atoms with Gasteiger partial charge in [0.05, 0.1) is 17.9 Å². The number of aryl methyl sites for hydroxylation is 1. The standard InChI is InChI=1S/C22H22ClNO3.Na.H/c1-14(2)13-27-21-10-8-17(23)12-19(21)20-9-7-15(3)24(20)18-6-4-5-16(11-18)22(25)26;;/h4-12,14H,13H2,1-3H3,(H,25,26);;. The van der Waals surface area contributed by atoms with Gasteiger partial charge in [-0.3, -0.25) is 0 Å². The first kappa shape index (κ1) is 22.6. The molecule has 0 fully saturated rings. The number of ether oxygens (including phenoxy) is 1. The first-order chi connectivity index (χ1) is 12.9. The Labute approximate surface area is 192 Å². The van der Waals surface area contributed by atoms with Gasteiger partial charge in [-0.1, -0.05) is 31.5 Å². The second kappa shape index (κ2) is 9.66. The molecule has 0 saturated heterocycles. The molecule has 0 aliphatic carbocycles. The Morgan fingerprint density at radius 3 is 2.57 bits per heavy atom. The van der Waals surface area contributed by atoms with E-state index < -0.39 is 5.97 Å². The van der Waals surface area contributed by atoms with Gasteiger partial charge in [0.15, 0.2) is 0 Å². The van der Waals surface area contributed by atoms with Gasteiger partial charge in [-0.2, -0.15) is 0 Å². The van der Waals surface area contributed by atoms with E-state index in [1.807, 2.05) is 47.9 Å². The first-order valence-corrected chi connectivity index (χ1v) is 9.19. The van der Waals surface area contributed by atoms with Crippen LogP contribution in [0, 0.1) is 12.8 Å². The zero-order chi connectivity index (χ0) is 19.6. The summed E-state index contributed by atoms with van der Waals surface area (Å²) in [6.07, 6.45) is 0. The number of carbonyl (C=O) groups is 1. The number of aromatic nitrogens is 1. The summed E-state index contributed by atoms with van der Waals surface area (Å²) in [5.41, 5.74) is 3.78. The molecule has 3 aromatic rings. The fourth-order valence-electron chi connectivity index (χ4n) is 2.95. The van der Waals surface area contributed by atoms with Crippen molar-refractivity contribution in [1.82, 2.24) is 4.57 Å². The fraction of sp³-hybridized carbons (Fsp3) is 0.227. The van der Waals surface area contributed by atoms with E-state index in [-0.39, 0.29) is 35.1 Å². The Morgan fingerprint density at radius 2 is 1.89 bits per heavy atom. The molecule has 0 spiro atoms. The van der Waals surface area contributed by atoms with Gasteiger partial charge in [-0.25, -0.2) is 4.79 Å². The maximum atomic E-state index is 11.4. The van der Waals surface area contributed by atoms with Crippen LogP contribution in [0.25, 0.3) is 16.9 Å². The molecule has 142 valence electrons. The Kier molecular flexibility index (Phi) is 7.79. The quantitative estimate of drug-likeness (QED) is 0.572. The van der Waals surface area contributed by atoms with Crippen LogP contribution in [0.2, 0.25) is 5.02 Å². The fourth-order valence-corrected chi connectivity index (χ4v) is 3.13. The van der Waals surface area contributed by atoms with Crippen LogP contribution < -0.4 is 4.74 Å². The Morgan fingerprint density at radius 1 is 1.14 bits per heavy atom. The average Bonchev–Trinajstić information content (AvgIpc) is 3.02. The molecule has 0 amide bonds. The van der Waals surface area contributed by atoms with Crippen LogP contribution in [0.15, 0.2) is 54.6 Å². The number of halogens is 1. The number of benzene rings is 2. The summed E-state index contributed by atoms with van der Waals surface area (Å²) in [6, 6.07) is 16.4. The van der Waals surface area contributed by atoms with Gasteiger partial charge < -0.3 is 14.4 Å². The van der Waals surface area contributed by atoms with E-state index >= 15 is 0 Å². The molecule has 0 unspecified atom stereocenters. The van der Waals surface area contributed by atoms with Crippen molar-refractivity contribution in [3.8, 4) is 22.7 Å². The van der Waals surface area contributed by atoms with Gasteiger partial charge in [0.2, 0.25) is 0 Å². The van der Waals surface area contributed by atoms with Crippen LogP contribution in [0.3, 0.4) is 0 Å². The predicted molar refractivity (Wildman–Crippen MR) is 115 cm³/mol. The van der Waals surface area contributed by atoms with Crippen molar-refractivity contribution < 1.29 is 14.6 Å². The van der Waals surface area contributed by atoms with E-state index in [9.17, 15) is 9.90 Å². The van der Waals surface area contributed by atoms with Crippen LogP contribution in [-0.4, -0.2) is 51.8 Å². The third-order valence-electron chi connectivity index (χ3n) is 4.22. The SMILES string of the molecule is Cc1ccc(-c2cc(Cl)ccc2OCC(C)C)n1-c1cccc(C(=O)O)c1.[NaH]. The molecule has 0 saturated carbocycles. The zero-order valence-corrected chi connectivity index (χ0v) is 16.3. The van der Waals surface area contributed by atoms with Crippen LogP contribution in [0.1, 0.15) is 29.9 Å². The number of nitrogens with zero attached hydrogens (tertiary/aromatic N) is 1. The van der Waals surface area contributed by atoms with E-state index in [2.05, 4.69) is 13.8 Å². The van der Waals surface area contributed by atoms with Crippen molar-refractivity contribution in [2.75, 3.05) is 6.61 Å². The molecule has 2 aromatic carbocycles. The molecular weight excluding hydrogens is 385 g/mol. The van der Waals surface area contributed by atoms with Gasteiger partial charge >= 0.3 is 35.5 Å². The van der Waals surface area contributed by atoms with Crippen molar-refractivity contribution in [2.24, 2.45) is 5.92 Å². The van der Waals surface area contributed by atoms with E-state index in [4.69, 9.17) is 16.3 Å². The van der Waals surface area contributed by atoms with Crippen molar-refractivity contribution in [2.45, 2.75) is 20.8 Å². The number of hydrogen-bond acceptors (Lipinski definition) is 2. The van der Waals surface area contributed by atoms with Crippen LogP contribution in [0.4, 0.5) is 0 Å². The van der Waals surface area contributed by atoms with Gasteiger partial charge in [-0.15, -0.1) is 0 Å². The molecule has 0 aliphatic rings. The predicted octanol–water partition coefficient (Wildman–Crippen LogP) is 5.19. The zero-order valence-electron chi connectivity index (χ0n) is 15.6. The van der Waals surface area contributed by atoms with E-state index in [1.165, 1.54) is 0 Å². The van der Waals surface area contributed by atoms with Crippen LogP contribution >= 0.6 is 11.6 Å². The first-order valence-electron chi connectivity index (χ1n) is 8.81. The van der Waals surface area contributed by atoms with E-state index in [1.54, 1.807) is 18.2 Å². The van der Waals surface area contributed by atoms with E-state index in [0.29, 0.717) is 17.5 Å². The van der Waals surface area contributed by atoms with Crippen LogP contribution in [-0.2, 0) is 0 Å².